The number of amides is 2. The van der Waals surface area contributed by atoms with Crippen molar-refractivity contribution in [1.29, 1.82) is 0 Å². The molecule has 1 aliphatic heterocycles. The smallest absolute Gasteiger partial charge is 0.270 e. The molecule has 1 fully saturated rings. The summed E-state index contributed by atoms with van der Waals surface area (Å²) in [6.07, 6.45) is 1.11. The number of rotatable bonds is 3. The van der Waals surface area contributed by atoms with Gasteiger partial charge in [0, 0.05) is 37.7 Å². The number of nitrogens with zero attached hydrogens (tertiary/aromatic N) is 3. The molecule has 0 aliphatic carbocycles. The lowest BCUT2D eigenvalue weighted by Gasteiger charge is -2.21. The van der Waals surface area contributed by atoms with Gasteiger partial charge < -0.3 is 14.8 Å². The summed E-state index contributed by atoms with van der Waals surface area (Å²) in [6, 6.07) is 6.76. The second-order valence-corrected chi connectivity index (χ2v) is 8.19. The molecule has 1 aromatic carbocycles. The first-order valence-corrected chi connectivity index (χ1v) is 10.3. The molecular weight excluding hydrogens is 464 g/mol. The van der Waals surface area contributed by atoms with Gasteiger partial charge in [-0.2, -0.15) is 0 Å². The van der Waals surface area contributed by atoms with Crippen molar-refractivity contribution in [2.45, 2.75) is 19.3 Å². The molecule has 0 spiro atoms. The van der Waals surface area contributed by atoms with E-state index >= 15 is 0 Å². The number of benzene rings is 1. The summed E-state index contributed by atoms with van der Waals surface area (Å²) in [5.74, 6) is -4.79. The fourth-order valence-corrected chi connectivity index (χ4v) is 3.37. The number of carbonyl (C=O) groups is 2. The lowest BCUT2D eigenvalue weighted by Crippen LogP contribution is -2.41. The van der Waals surface area contributed by atoms with Crippen molar-refractivity contribution in [2.75, 3.05) is 26.7 Å². The number of halogens is 5. The zero-order chi connectivity index (χ0) is 24.3. The van der Waals surface area contributed by atoms with E-state index < -0.39 is 35.9 Å². The molecule has 0 radical (unpaired) electrons. The molecule has 2 aromatic heterocycles. The van der Waals surface area contributed by atoms with E-state index in [1.54, 1.807) is 19.1 Å². The molecule has 176 valence electrons. The number of aryl methyl sites for hydroxylation is 1. The van der Waals surface area contributed by atoms with Crippen LogP contribution in [0.5, 0.6) is 0 Å². The molecule has 0 saturated carbocycles. The quantitative estimate of drug-likeness (QED) is 0.559. The van der Waals surface area contributed by atoms with Gasteiger partial charge in [0.15, 0.2) is 0 Å². The molecule has 1 aliphatic rings. The third-order valence-electron chi connectivity index (χ3n) is 5.04. The van der Waals surface area contributed by atoms with Crippen LogP contribution in [0.15, 0.2) is 36.5 Å². The standard InChI is InChI=1S/C15H15ClF2N4O2.C7H6F2/c1-21(7-12(23)22-3-2-15(17,18)8-22)14(24)11-5-9-4-10(16)6-19-13(9)20-11;1-5-2-3-6(8)4-7(5)9/h4-6H,2-3,7-8H2,1H3,(H,19,20);2-4H,1H3. The predicted octanol–water partition coefficient (Wildman–Crippen LogP) is 4.43. The third kappa shape index (κ3) is 6.22. The van der Waals surface area contributed by atoms with Crippen LogP contribution in [0.3, 0.4) is 0 Å². The van der Waals surface area contributed by atoms with Crippen molar-refractivity contribution in [1.82, 2.24) is 19.8 Å². The van der Waals surface area contributed by atoms with E-state index in [0.29, 0.717) is 21.6 Å². The van der Waals surface area contributed by atoms with Crippen molar-refractivity contribution in [3.63, 3.8) is 0 Å². The number of hydrogen-bond donors (Lipinski definition) is 1. The molecule has 1 N–H and O–H groups in total. The second kappa shape index (κ2) is 9.78. The molecule has 3 aromatic rings. The minimum absolute atomic E-state index is 0.00265. The first-order chi connectivity index (χ1) is 15.4. The Bertz CT molecular complexity index is 1180. The average molecular weight is 485 g/mol. The molecule has 0 bridgehead atoms. The Kier molecular flexibility index (Phi) is 7.26. The number of likely N-dealkylation sites (N-methyl/N-ethyl adjacent to an activating group) is 1. The van der Waals surface area contributed by atoms with Crippen molar-refractivity contribution in [2.24, 2.45) is 0 Å². The van der Waals surface area contributed by atoms with E-state index in [9.17, 15) is 27.2 Å². The van der Waals surface area contributed by atoms with Crippen LogP contribution in [0.1, 0.15) is 22.5 Å². The van der Waals surface area contributed by atoms with Gasteiger partial charge >= 0.3 is 0 Å². The zero-order valence-corrected chi connectivity index (χ0v) is 18.6. The van der Waals surface area contributed by atoms with Crippen molar-refractivity contribution in [3.8, 4) is 0 Å². The Morgan fingerprint density at radius 1 is 1.24 bits per heavy atom. The summed E-state index contributed by atoms with van der Waals surface area (Å²) >= 11 is 5.85. The number of H-pyrrole nitrogens is 1. The SMILES string of the molecule is CN(CC(=O)N1CCC(F)(F)C1)C(=O)c1cc2cc(Cl)cnc2[nH]1.Cc1ccc(F)cc1F. The summed E-state index contributed by atoms with van der Waals surface area (Å²) in [5, 5.41) is 1.11. The van der Waals surface area contributed by atoms with Crippen molar-refractivity contribution < 1.29 is 27.2 Å². The van der Waals surface area contributed by atoms with Gasteiger partial charge in [-0.1, -0.05) is 17.7 Å². The Hall–Kier alpha value is -3.14. The van der Waals surface area contributed by atoms with Gasteiger partial charge in [0.05, 0.1) is 18.1 Å². The minimum Gasteiger partial charge on any atom is -0.335 e. The van der Waals surface area contributed by atoms with Crippen LogP contribution < -0.4 is 0 Å². The average Bonchev–Trinajstić information content (AvgIpc) is 3.33. The van der Waals surface area contributed by atoms with Gasteiger partial charge in [-0.3, -0.25) is 9.59 Å². The highest BCUT2D eigenvalue weighted by atomic mass is 35.5. The van der Waals surface area contributed by atoms with Crippen LogP contribution in [0.2, 0.25) is 5.02 Å². The topological polar surface area (TPSA) is 69.3 Å². The maximum absolute atomic E-state index is 13.2. The summed E-state index contributed by atoms with van der Waals surface area (Å²) in [5.41, 5.74) is 1.22. The Morgan fingerprint density at radius 3 is 2.58 bits per heavy atom. The zero-order valence-electron chi connectivity index (χ0n) is 17.8. The number of alkyl halides is 2. The maximum atomic E-state index is 13.2. The van der Waals surface area contributed by atoms with Gasteiger partial charge in [-0.25, -0.2) is 22.5 Å². The molecular formula is C22H21ClF4N4O2. The normalized spacial score (nSPS) is 14.7. The van der Waals surface area contributed by atoms with Crippen LogP contribution in [0, 0.1) is 18.6 Å². The minimum atomic E-state index is -2.85. The van der Waals surface area contributed by atoms with Gasteiger partial charge in [0.2, 0.25) is 5.91 Å². The third-order valence-corrected chi connectivity index (χ3v) is 5.25. The van der Waals surface area contributed by atoms with Crippen LogP contribution in [-0.2, 0) is 4.79 Å². The number of hydrogen-bond acceptors (Lipinski definition) is 3. The van der Waals surface area contributed by atoms with Gasteiger partial charge in [0.25, 0.3) is 11.8 Å². The highest BCUT2D eigenvalue weighted by Crippen LogP contribution is 2.26. The number of carbonyl (C=O) groups excluding carboxylic acids is 2. The first-order valence-electron chi connectivity index (χ1n) is 9.92. The summed E-state index contributed by atoms with van der Waals surface area (Å²) in [6.45, 7) is 0.735. The Balaban J connectivity index is 0.000000286. The number of likely N-dealkylation sites (tertiary alicyclic amines) is 1. The number of nitrogens with one attached hydrogen (secondary N) is 1. The highest BCUT2D eigenvalue weighted by Gasteiger charge is 2.40. The monoisotopic (exact) mass is 484 g/mol. The van der Waals surface area contributed by atoms with E-state index in [2.05, 4.69) is 9.97 Å². The van der Waals surface area contributed by atoms with Gasteiger partial charge in [-0.15, -0.1) is 0 Å². The first kappa shape index (κ1) is 24.5. The largest absolute Gasteiger partial charge is 0.335 e. The molecule has 4 rings (SSSR count). The summed E-state index contributed by atoms with van der Waals surface area (Å²) < 4.78 is 50.8. The number of pyridine rings is 1. The maximum Gasteiger partial charge on any atom is 0.270 e. The lowest BCUT2D eigenvalue weighted by atomic mass is 10.2. The number of fused-ring (bicyclic) bond motifs is 1. The lowest BCUT2D eigenvalue weighted by molar-refractivity contribution is -0.132. The molecule has 0 atom stereocenters. The molecule has 3 heterocycles. The van der Waals surface area contributed by atoms with E-state index in [0.717, 1.165) is 11.0 Å². The molecule has 1 saturated heterocycles. The van der Waals surface area contributed by atoms with Crippen LogP contribution in [0.25, 0.3) is 11.0 Å². The van der Waals surface area contributed by atoms with E-state index in [1.807, 2.05) is 0 Å². The van der Waals surface area contributed by atoms with Crippen LogP contribution in [-0.4, -0.2) is 64.2 Å². The summed E-state index contributed by atoms with van der Waals surface area (Å²) in [7, 11) is 1.44. The fourth-order valence-electron chi connectivity index (χ4n) is 3.20. The van der Waals surface area contributed by atoms with Crippen molar-refractivity contribution in [3.05, 3.63) is 64.4 Å². The van der Waals surface area contributed by atoms with Crippen LogP contribution >= 0.6 is 11.6 Å². The molecule has 0 unspecified atom stereocenters. The Labute approximate surface area is 192 Å². The van der Waals surface area contributed by atoms with Gasteiger partial charge in [-0.05, 0) is 30.7 Å². The fraction of sp³-hybridized carbons (Fsp3) is 0.318. The second-order valence-electron chi connectivity index (χ2n) is 7.75. The summed E-state index contributed by atoms with van der Waals surface area (Å²) in [4.78, 5) is 33.6. The molecule has 11 heteroatoms. The molecule has 6 nitrogen and oxygen atoms in total. The van der Waals surface area contributed by atoms with E-state index in [4.69, 9.17) is 11.6 Å². The number of aromatic nitrogens is 2. The predicted molar refractivity (Wildman–Crippen MR) is 115 cm³/mol. The van der Waals surface area contributed by atoms with E-state index in [1.165, 1.54) is 30.3 Å². The van der Waals surface area contributed by atoms with Crippen molar-refractivity contribution >= 4 is 34.4 Å². The molecule has 2 amide bonds. The highest BCUT2D eigenvalue weighted by molar-refractivity contribution is 6.31. The van der Waals surface area contributed by atoms with Gasteiger partial charge in [0.1, 0.15) is 23.0 Å². The molecule has 33 heavy (non-hydrogen) atoms. The van der Waals surface area contributed by atoms with Crippen LogP contribution in [0.4, 0.5) is 17.6 Å². The number of aromatic amines is 1. The Morgan fingerprint density at radius 2 is 1.97 bits per heavy atom. The van der Waals surface area contributed by atoms with E-state index in [-0.39, 0.29) is 25.2 Å².